The van der Waals surface area contributed by atoms with Gasteiger partial charge in [-0.15, -0.1) is 0 Å². The Kier molecular flexibility index (Phi) is 4.72. The van der Waals surface area contributed by atoms with Gasteiger partial charge in [0.05, 0.1) is 0 Å². The van der Waals surface area contributed by atoms with Gasteiger partial charge in [0, 0.05) is 6.54 Å². The van der Waals surface area contributed by atoms with E-state index >= 15 is 0 Å². The molecule has 0 bridgehead atoms. The van der Waals surface area contributed by atoms with E-state index in [0.29, 0.717) is 0 Å². The molecule has 2 aromatic carbocycles. The summed E-state index contributed by atoms with van der Waals surface area (Å²) in [5, 5.41) is 3.26. The Bertz CT molecular complexity index is 565. The van der Waals surface area contributed by atoms with Crippen LogP contribution in [0.2, 0.25) is 0 Å². The van der Waals surface area contributed by atoms with Crippen LogP contribution in [0.1, 0.15) is 49.1 Å². The third-order valence-corrected chi connectivity index (χ3v) is 4.68. The van der Waals surface area contributed by atoms with Crippen molar-refractivity contribution in [3.05, 3.63) is 59.7 Å². The average Bonchev–Trinajstić information content (AvgIpc) is 2.57. The lowest BCUT2D eigenvalue weighted by Crippen LogP contribution is -2.06. The second-order valence-electron chi connectivity index (χ2n) is 6.14. The van der Waals surface area contributed by atoms with Gasteiger partial charge in [-0.3, -0.25) is 0 Å². The normalized spacial score (nSPS) is 16.0. The lowest BCUT2D eigenvalue weighted by molar-refractivity contribution is 0.443. The van der Waals surface area contributed by atoms with E-state index in [4.69, 9.17) is 0 Å². The second kappa shape index (κ2) is 6.91. The molecule has 110 valence electrons. The second-order valence-corrected chi connectivity index (χ2v) is 6.14. The molecular formula is C20H25N. The highest BCUT2D eigenvalue weighted by atomic mass is 14.8. The quantitative estimate of drug-likeness (QED) is 0.819. The van der Waals surface area contributed by atoms with E-state index in [2.05, 4.69) is 53.8 Å². The van der Waals surface area contributed by atoms with E-state index < -0.39 is 0 Å². The summed E-state index contributed by atoms with van der Waals surface area (Å²) in [7, 11) is 2.00. The van der Waals surface area contributed by atoms with Gasteiger partial charge in [-0.2, -0.15) is 0 Å². The molecule has 0 aromatic heterocycles. The van der Waals surface area contributed by atoms with Crippen molar-refractivity contribution in [3.63, 3.8) is 0 Å². The minimum atomic E-state index is 0.792. The fourth-order valence-electron chi connectivity index (χ4n) is 3.52. The SMILES string of the molecule is CNCc1ccccc1-c1ccc(C2CCCCC2)cc1. The molecule has 0 spiro atoms. The van der Waals surface area contributed by atoms with Crippen LogP contribution in [-0.2, 0) is 6.54 Å². The molecule has 1 N–H and O–H groups in total. The van der Waals surface area contributed by atoms with Crippen LogP contribution in [0.25, 0.3) is 11.1 Å². The number of rotatable bonds is 4. The molecule has 1 heteroatoms. The molecule has 0 unspecified atom stereocenters. The van der Waals surface area contributed by atoms with Crippen LogP contribution in [-0.4, -0.2) is 7.05 Å². The van der Waals surface area contributed by atoms with Crippen molar-refractivity contribution in [2.75, 3.05) is 7.05 Å². The van der Waals surface area contributed by atoms with E-state index in [9.17, 15) is 0 Å². The summed E-state index contributed by atoms with van der Waals surface area (Å²) in [6, 6.07) is 18.0. The van der Waals surface area contributed by atoms with Gasteiger partial charge in [0.1, 0.15) is 0 Å². The summed E-state index contributed by atoms with van der Waals surface area (Å²) in [6.45, 7) is 0.917. The van der Waals surface area contributed by atoms with Gasteiger partial charge >= 0.3 is 0 Å². The summed E-state index contributed by atoms with van der Waals surface area (Å²) in [5.74, 6) is 0.792. The van der Waals surface area contributed by atoms with Crippen LogP contribution in [0.5, 0.6) is 0 Å². The largest absolute Gasteiger partial charge is 0.316 e. The number of nitrogens with one attached hydrogen (secondary N) is 1. The van der Waals surface area contributed by atoms with Crippen LogP contribution < -0.4 is 5.32 Å². The average molecular weight is 279 g/mol. The maximum Gasteiger partial charge on any atom is 0.0208 e. The molecular weight excluding hydrogens is 254 g/mol. The third-order valence-electron chi connectivity index (χ3n) is 4.68. The zero-order valence-corrected chi connectivity index (χ0v) is 12.9. The van der Waals surface area contributed by atoms with Gasteiger partial charge in [-0.1, -0.05) is 67.8 Å². The number of hydrogen-bond acceptors (Lipinski definition) is 1. The van der Waals surface area contributed by atoms with Crippen molar-refractivity contribution in [2.24, 2.45) is 0 Å². The Labute approximate surface area is 128 Å². The van der Waals surface area contributed by atoms with Gasteiger partial charge < -0.3 is 5.32 Å². The molecule has 3 rings (SSSR count). The molecule has 0 amide bonds. The first-order chi connectivity index (χ1) is 10.4. The van der Waals surface area contributed by atoms with Gasteiger partial charge in [0.2, 0.25) is 0 Å². The predicted octanol–water partition coefficient (Wildman–Crippen LogP) is 5.12. The molecule has 1 nitrogen and oxygen atoms in total. The van der Waals surface area contributed by atoms with Crippen LogP contribution in [0.4, 0.5) is 0 Å². The lowest BCUT2D eigenvalue weighted by atomic mass is 9.83. The fraction of sp³-hybridized carbons (Fsp3) is 0.400. The first kappa shape index (κ1) is 14.3. The van der Waals surface area contributed by atoms with Gasteiger partial charge in [-0.05, 0) is 48.1 Å². The van der Waals surface area contributed by atoms with Crippen LogP contribution in [0.3, 0.4) is 0 Å². The molecule has 0 radical (unpaired) electrons. The number of benzene rings is 2. The molecule has 21 heavy (non-hydrogen) atoms. The van der Waals surface area contributed by atoms with E-state index in [0.717, 1.165) is 12.5 Å². The molecule has 2 aromatic rings. The highest BCUT2D eigenvalue weighted by molar-refractivity contribution is 5.67. The molecule has 1 aliphatic carbocycles. The van der Waals surface area contributed by atoms with E-state index in [1.165, 1.54) is 54.4 Å². The molecule has 0 saturated heterocycles. The minimum Gasteiger partial charge on any atom is -0.316 e. The van der Waals surface area contributed by atoms with Crippen LogP contribution >= 0.6 is 0 Å². The molecule has 1 aliphatic rings. The lowest BCUT2D eigenvalue weighted by Gasteiger charge is -2.22. The van der Waals surface area contributed by atoms with Crippen molar-refractivity contribution >= 4 is 0 Å². The van der Waals surface area contributed by atoms with Crippen LogP contribution in [0.15, 0.2) is 48.5 Å². The van der Waals surface area contributed by atoms with Gasteiger partial charge in [-0.25, -0.2) is 0 Å². The fourth-order valence-corrected chi connectivity index (χ4v) is 3.52. The highest BCUT2D eigenvalue weighted by Crippen LogP contribution is 2.34. The van der Waals surface area contributed by atoms with Crippen molar-refractivity contribution < 1.29 is 0 Å². The molecule has 0 aliphatic heterocycles. The summed E-state index contributed by atoms with van der Waals surface area (Å²) >= 11 is 0. The van der Waals surface area contributed by atoms with Crippen molar-refractivity contribution in [2.45, 2.75) is 44.6 Å². The zero-order chi connectivity index (χ0) is 14.5. The first-order valence-corrected chi connectivity index (χ1v) is 8.21. The summed E-state index contributed by atoms with van der Waals surface area (Å²) in [5.41, 5.74) is 5.58. The predicted molar refractivity (Wildman–Crippen MR) is 90.5 cm³/mol. The highest BCUT2D eigenvalue weighted by Gasteiger charge is 2.15. The maximum atomic E-state index is 3.26. The Morgan fingerprint density at radius 2 is 1.62 bits per heavy atom. The molecule has 0 atom stereocenters. The van der Waals surface area contributed by atoms with E-state index in [1.54, 1.807) is 0 Å². The maximum absolute atomic E-state index is 3.26. The van der Waals surface area contributed by atoms with Crippen molar-refractivity contribution in [1.29, 1.82) is 0 Å². The Balaban J connectivity index is 1.83. The first-order valence-electron chi connectivity index (χ1n) is 8.21. The monoisotopic (exact) mass is 279 g/mol. The third kappa shape index (κ3) is 3.36. The van der Waals surface area contributed by atoms with Crippen molar-refractivity contribution in [1.82, 2.24) is 5.32 Å². The standard InChI is InChI=1S/C20H25N/c1-21-15-19-9-5-6-10-20(19)18-13-11-17(12-14-18)16-7-3-2-4-8-16/h5-6,9-14,16,21H,2-4,7-8,15H2,1H3. The molecule has 0 heterocycles. The van der Waals surface area contributed by atoms with Crippen molar-refractivity contribution in [3.8, 4) is 11.1 Å². The summed E-state index contributed by atoms with van der Waals surface area (Å²) < 4.78 is 0. The Morgan fingerprint density at radius 3 is 2.33 bits per heavy atom. The summed E-state index contributed by atoms with van der Waals surface area (Å²) in [4.78, 5) is 0. The molecule has 1 saturated carbocycles. The molecule has 1 fully saturated rings. The Hall–Kier alpha value is -1.60. The minimum absolute atomic E-state index is 0.792. The number of hydrogen-bond donors (Lipinski definition) is 1. The van der Waals surface area contributed by atoms with E-state index in [1.807, 2.05) is 7.05 Å². The van der Waals surface area contributed by atoms with E-state index in [-0.39, 0.29) is 0 Å². The summed E-state index contributed by atoms with van der Waals surface area (Å²) in [6.07, 6.45) is 6.96. The van der Waals surface area contributed by atoms with Gasteiger partial charge in [0.25, 0.3) is 0 Å². The van der Waals surface area contributed by atoms with Crippen LogP contribution in [0, 0.1) is 0 Å². The Morgan fingerprint density at radius 1 is 0.905 bits per heavy atom. The zero-order valence-electron chi connectivity index (χ0n) is 12.9. The van der Waals surface area contributed by atoms with Gasteiger partial charge in [0.15, 0.2) is 0 Å². The smallest absolute Gasteiger partial charge is 0.0208 e. The topological polar surface area (TPSA) is 12.0 Å².